The minimum atomic E-state index is -0.635. The van der Waals surface area contributed by atoms with Crippen LogP contribution < -0.4 is 5.32 Å². The van der Waals surface area contributed by atoms with Gasteiger partial charge in [-0.2, -0.15) is 0 Å². The van der Waals surface area contributed by atoms with Crippen molar-refractivity contribution in [3.8, 4) is 0 Å². The highest BCUT2D eigenvalue weighted by atomic mass is 16.6. The Morgan fingerprint density at radius 1 is 1.30 bits per heavy atom. The first kappa shape index (κ1) is 14.5. The molecule has 20 heavy (non-hydrogen) atoms. The van der Waals surface area contributed by atoms with Crippen LogP contribution in [0.1, 0.15) is 18.4 Å². The van der Waals surface area contributed by atoms with Crippen LogP contribution in [0.4, 0.5) is 0 Å². The molecule has 0 aliphatic carbocycles. The minimum Gasteiger partial charge on any atom is -0.348 e. The van der Waals surface area contributed by atoms with Crippen molar-refractivity contribution in [3.63, 3.8) is 0 Å². The SMILES string of the molecule is O=C(C[N+](=O)[O-])NC1CCN(Cc2ccccc2)CC1. The molecule has 108 valence electrons. The second-order valence-electron chi connectivity index (χ2n) is 5.09. The highest BCUT2D eigenvalue weighted by molar-refractivity contribution is 5.77. The van der Waals surface area contributed by atoms with Crippen molar-refractivity contribution in [3.05, 3.63) is 46.0 Å². The summed E-state index contributed by atoms with van der Waals surface area (Å²) in [6.07, 6.45) is 1.69. The number of rotatable bonds is 5. The van der Waals surface area contributed by atoms with E-state index in [0.717, 1.165) is 32.5 Å². The lowest BCUT2D eigenvalue weighted by atomic mass is 10.0. The fourth-order valence-electron chi connectivity index (χ4n) is 2.47. The average Bonchev–Trinajstić information content (AvgIpc) is 2.41. The first-order chi connectivity index (χ1) is 9.63. The van der Waals surface area contributed by atoms with Crippen LogP contribution in [0.5, 0.6) is 0 Å². The predicted molar refractivity (Wildman–Crippen MR) is 74.7 cm³/mol. The fourth-order valence-corrected chi connectivity index (χ4v) is 2.47. The van der Waals surface area contributed by atoms with Crippen LogP contribution in [0.15, 0.2) is 30.3 Å². The monoisotopic (exact) mass is 277 g/mol. The van der Waals surface area contributed by atoms with Crippen molar-refractivity contribution in [2.45, 2.75) is 25.4 Å². The van der Waals surface area contributed by atoms with Crippen molar-refractivity contribution in [1.82, 2.24) is 10.2 Å². The predicted octanol–water partition coefficient (Wildman–Crippen LogP) is 1.04. The van der Waals surface area contributed by atoms with E-state index in [4.69, 9.17) is 0 Å². The second kappa shape index (κ2) is 7.00. The molecule has 1 saturated heterocycles. The Bertz CT molecular complexity index is 456. The molecular formula is C14H19N3O3. The average molecular weight is 277 g/mol. The summed E-state index contributed by atoms with van der Waals surface area (Å²) in [7, 11) is 0. The number of benzene rings is 1. The van der Waals surface area contributed by atoms with E-state index >= 15 is 0 Å². The number of hydrogen-bond acceptors (Lipinski definition) is 4. The number of piperidine rings is 1. The number of carbonyl (C=O) groups is 1. The molecule has 1 amide bonds. The first-order valence-corrected chi connectivity index (χ1v) is 6.81. The molecule has 6 nitrogen and oxygen atoms in total. The molecule has 1 heterocycles. The molecule has 0 atom stereocenters. The molecule has 1 fully saturated rings. The van der Waals surface area contributed by atoms with E-state index in [-0.39, 0.29) is 6.04 Å². The van der Waals surface area contributed by atoms with Crippen molar-refractivity contribution >= 4 is 5.91 Å². The van der Waals surface area contributed by atoms with Gasteiger partial charge in [0.1, 0.15) is 0 Å². The topological polar surface area (TPSA) is 75.5 Å². The van der Waals surface area contributed by atoms with Crippen molar-refractivity contribution in [1.29, 1.82) is 0 Å². The normalized spacial score (nSPS) is 16.8. The van der Waals surface area contributed by atoms with E-state index in [2.05, 4.69) is 22.3 Å². The number of nitrogens with one attached hydrogen (secondary N) is 1. The van der Waals surface area contributed by atoms with Crippen LogP contribution in [0.3, 0.4) is 0 Å². The Balaban J connectivity index is 1.72. The van der Waals surface area contributed by atoms with Gasteiger partial charge in [-0.3, -0.25) is 19.8 Å². The third kappa shape index (κ3) is 4.62. The van der Waals surface area contributed by atoms with E-state index in [9.17, 15) is 14.9 Å². The summed E-state index contributed by atoms with van der Waals surface area (Å²) in [5.74, 6) is -0.489. The molecule has 0 spiro atoms. The Labute approximate surface area is 117 Å². The maximum Gasteiger partial charge on any atom is 0.291 e. The van der Waals surface area contributed by atoms with E-state index in [1.165, 1.54) is 5.56 Å². The third-order valence-corrected chi connectivity index (χ3v) is 3.47. The van der Waals surface area contributed by atoms with Crippen molar-refractivity contribution < 1.29 is 9.72 Å². The zero-order chi connectivity index (χ0) is 14.4. The summed E-state index contributed by atoms with van der Waals surface area (Å²) in [5.41, 5.74) is 1.28. The number of nitrogens with zero attached hydrogens (tertiary/aromatic N) is 2. The zero-order valence-electron chi connectivity index (χ0n) is 11.3. The van der Waals surface area contributed by atoms with Crippen LogP contribution in [0.2, 0.25) is 0 Å². The maximum absolute atomic E-state index is 11.3. The number of nitro groups is 1. The van der Waals surface area contributed by atoms with Gasteiger partial charge < -0.3 is 5.32 Å². The molecular weight excluding hydrogens is 258 g/mol. The van der Waals surface area contributed by atoms with E-state index in [1.807, 2.05) is 18.2 Å². The Morgan fingerprint density at radius 2 is 1.95 bits per heavy atom. The molecule has 0 radical (unpaired) electrons. The lowest BCUT2D eigenvalue weighted by molar-refractivity contribution is -0.467. The molecule has 0 aromatic heterocycles. The zero-order valence-corrected chi connectivity index (χ0v) is 11.3. The summed E-state index contributed by atoms with van der Waals surface area (Å²) in [4.78, 5) is 23.3. The molecule has 6 heteroatoms. The third-order valence-electron chi connectivity index (χ3n) is 3.47. The molecule has 1 aliphatic heterocycles. The van der Waals surface area contributed by atoms with Crippen molar-refractivity contribution in [2.24, 2.45) is 0 Å². The van der Waals surface area contributed by atoms with Gasteiger partial charge in [-0.05, 0) is 18.4 Å². The summed E-state index contributed by atoms with van der Waals surface area (Å²) in [6, 6.07) is 10.3. The molecule has 0 unspecified atom stereocenters. The van der Waals surface area contributed by atoms with Gasteiger partial charge in [0.15, 0.2) is 0 Å². The molecule has 2 rings (SSSR count). The van der Waals surface area contributed by atoms with E-state index in [0.29, 0.717) is 0 Å². The Morgan fingerprint density at radius 3 is 2.55 bits per heavy atom. The second-order valence-corrected chi connectivity index (χ2v) is 5.09. The number of hydrogen-bond donors (Lipinski definition) is 1. The van der Waals surface area contributed by atoms with Gasteiger partial charge in [0.05, 0.1) is 0 Å². The van der Waals surface area contributed by atoms with Gasteiger partial charge in [-0.1, -0.05) is 30.3 Å². The summed E-state index contributed by atoms with van der Waals surface area (Å²) in [5, 5.41) is 13.0. The lowest BCUT2D eigenvalue weighted by Gasteiger charge is -2.32. The molecule has 1 N–H and O–H groups in total. The van der Waals surface area contributed by atoms with Crippen molar-refractivity contribution in [2.75, 3.05) is 19.6 Å². The number of carbonyl (C=O) groups excluding carboxylic acids is 1. The van der Waals surface area contributed by atoms with E-state index in [1.54, 1.807) is 0 Å². The molecule has 1 aromatic rings. The highest BCUT2D eigenvalue weighted by Gasteiger charge is 2.22. The maximum atomic E-state index is 11.3. The van der Waals surface area contributed by atoms with Crippen LogP contribution in [0.25, 0.3) is 0 Å². The van der Waals surface area contributed by atoms with Gasteiger partial charge in [-0.25, -0.2) is 0 Å². The Kier molecular flexibility index (Phi) is 5.06. The fraction of sp³-hybridized carbons (Fsp3) is 0.500. The molecule has 1 aliphatic rings. The largest absolute Gasteiger partial charge is 0.348 e. The van der Waals surface area contributed by atoms with Crippen LogP contribution in [-0.4, -0.2) is 41.4 Å². The smallest absolute Gasteiger partial charge is 0.291 e. The highest BCUT2D eigenvalue weighted by Crippen LogP contribution is 2.13. The van der Waals surface area contributed by atoms with E-state index < -0.39 is 17.4 Å². The number of amides is 1. The lowest BCUT2D eigenvalue weighted by Crippen LogP contribution is -2.45. The Hall–Kier alpha value is -1.95. The summed E-state index contributed by atoms with van der Waals surface area (Å²) >= 11 is 0. The number of likely N-dealkylation sites (tertiary alicyclic amines) is 1. The van der Waals surface area contributed by atoms with Crippen LogP contribution in [-0.2, 0) is 11.3 Å². The standard InChI is InChI=1S/C14H19N3O3/c18-14(11-17(19)20)15-13-6-8-16(9-7-13)10-12-4-2-1-3-5-12/h1-5,13H,6-11H2,(H,15,18). The van der Waals surface area contributed by atoms with Gasteiger partial charge in [0, 0.05) is 30.6 Å². The van der Waals surface area contributed by atoms with Crippen LogP contribution in [0, 0.1) is 10.1 Å². The molecule has 0 bridgehead atoms. The summed E-state index contributed by atoms with van der Waals surface area (Å²) in [6.45, 7) is 2.08. The van der Waals surface area contributed by atoms with Crippen LogP contribution >= 0.6 is 0 Å². The molecule has 1 aromatic carbocycles. The molecule has 0 saturated carbocycles. The minimum absolute atomic E-state index is 0.0643. The summed E-state index contributed by atoms with van der Waals surface area (Å²) < 4.78 is 0. The van der Waals surface area contributed by atoms with Gasteiger partial charge in [0.2, 0.25) is 0 Å². The quantitative estimate of drug-likeness (QED) is 0.644. The van der Waals surface area contributed by atoms with Gasteiger partial charge >= 0.3 is 0 Å². The first-order valence-electron chi connectivity index (χ1n) is 6.81. The van der Waals surface area contributed by atoms with Gasteiger partial charge in [-0.15, -0.1) is 0 Å². The van der Waals surface area contributed by atoms with Gasteiger partial charge in [0.25, 0.3) is 12.5 Å².